The summed E-state index contributed by atoms with van der Waals surface area (Å²) in [6, 6.07) is 13.5. The van der Waals surface area contributed by atoms with E-state index >= 15 is 0 Å². The van der Waals surface area contributed by atoms with Crippen LogP contribution in [0.15, 0.2) is 48.5 Å². The molecule has 0 bridgehead atoms. The van der Waals surface area contributed by atoms with E-state index in [0.717, 1.165) is 29.7 Å². The fraction of sp³-hybridized carbons (Fsp3) is 0.400. The number of sulfonamides is 1. The van der Waals surface area contributed by atoms with Crippen molar-refractivity contribution < 1.29 is 17.9 Å². The number of carbonyl (C=O) groups is 1. The van der Waals surface area contributed by atoms with Crippen molar-refractivity contribution in [1.82, 2.24) is 4.90 Å². The van der Waals surface area contributed by atoms with Gasteiger partial charge in [0.15, 0.2) is 0 Å². The zero-order valence-corrected chi connectivity index (χ0v) is 19.5. The number of benzene rings is 2. The minimum atomic E-state index is -3.18. The first-order valence-corrected chi connectivity index (χ1v) is 12.7. The van der Waals surface area contributed by atoms with Crippen molar-refractivity contribution in [2.45, 2.75) is 39.2 Å². The SMILES string of the molecule is Cc1ccc(C)c(OC2CCN(C(=O)C=Cc3ccc(N4CCCS4(=O)=O)cc3)CC2)c1. The number of rotatable bonds is 5. The van der Waals surface area contributed by atoms with Gasteiger partial charge in [0.2, 0.25) is 15.9 Å². The summed E-state index contributed by atoms with van der Waals surface area (Å²) in [5.41, 5.74) is 3.85. The molecule has 2 heterocycles. The third kappa shape index (κ3) is 5.15. The molecule has 2 aromatic carbocycles. The zero-order valence-electron chi connectivity index (χ0n) is 18.7. The van der Waals surface area contributed by atoms with E-state index in [1.807, 2.05) is 17.0 Å². The van der Waals surface area contributed by atoms with E-state index < -0.39 is 10.0 Å². The van der Waals surface area contributed by atoms with Crippen molar-refractivity contribution in [1.29, 1.82) is 0 Å². The van der Waals surface area contributed by atoms with Gasteiger partial charge in [0.25, 0.3) is 0 Å². The Labute approximate surface area is 190 Å². The van der Waals surface area contributed by atoms with Gasteiger partial charge in [-0.05, 0) is 61.2 Å². The lowest BCUT2D eigenvalue weighted by Gasteiger charge is -2.32. The smallest absolute Gasteiger partial charge is 0.246 e. The molecule has 2 fully saturated rings. The highest BCUT2D eigenvalue weighted by atomic mass is 32.2. The molecule has 2 aliphatic rings. The van der Waals surface area contributed by atoms with Crippen LogP contribution in [0.3, 0.4) is 0 Å². The van der Waals surface area contributed by atoms with E-state index in [1.165, 1.54) is 9.87 Å². The third-order valence-electron chi connectivity index (χ3n) is 6.09. The summed E-state index contributed by atoms with van der Waals surface area (Å²) < 4.78 is 31.7. The number of carbonyl (C=O) groups excluding carboxylic acids is 1. The molecule has 0 aromatic heterocycles. The summed E-state index contributed by atoms with van der Waals surface area (Å²) in [6.07, 6.45) is 5.78. The van der Waals surface area contributed by atoms with Crippen LogP contribution in [0.1, 0.15) is 36.0 Å². The van der Waals surface area contributed by atoms with Crippen LogP contribution in [0.2, 0.25) is 0 Å². The molecule has 7 heteroatoms. The van der Waals surface area contributed by atoms with Crippen LogP contribution in [-0.2, 0) is 14.8 Å². The van der Waals surface area contributed by atoms with Gasteiger partial charge in [0.1, 0.15) is 11.9 Å². The number of likely N-dealkylation sites (tertiary alicyclic amines) is 1. The highest BCUT2D eigenvalue weighted by Crippen LogP contribution is 2.25. The molecule has 0 spiro atoms. The predicted molar refractivity (Wildman–Crippen MR) is 127 cm³/mol. The van der Waals surface area contributed by atoms with Gasteiger partial charge in [-0.1, -0.05) is 24.3 Å². The van der Waals surface area contributed by atoms with Gasteiger partial charge in [-0.25, -0.2) is 8.42 Å². The maximum atomic E-state index is 12.6. The summed E-state index contributed by atoms with van der Waals surface area (Å²) in [5.74, 6) is 1.12. The molecule has 0 saturated carbocycles. The van der Waals surface area contributed by atoms with Gasteiger partial charge in [0.05, 0.1) is 11.4 Å². The Morgan fingerprint density at radius 3 is 2.41 bits per heavy atom. The molecule has 0 atom stereocenters. The number of nitrogens with zero attached hydrogens (tertiary/aromatic N) is 2. The molecule has 0 radical (unpaired) electrons. The predicted octanol–water partition coefficient (Wildman–Crippen LogP) is 3.93. The van der Waals surface area contributed by atoms with Crippen molar-refractivity contribution in [3.63, 3.8) is 0 Å². The minimum absolute atomic E-state index is 0.0126. The van der Waals surface area contributed by atoms with Crippen LogP contribution in [0.4, 0.5) is 5.69 Å². The van der Waals surface area contributed by atoms with E-state index in [2.05, 4.69) is 32.0 Å². The van der Waals surface area contributed by atoms with Crippen LogP contribution < -0.4 is 9.04 Å². The van der Waals surface area contributed by atoms with E-state index in [-0.39, 0.29) is 17.8 Å². The minimum Gasteiger partial charge on any atom is -0.490 e. The fourth-order valence-electron chi connectivity index (χ4n) is 4.16. The standard InChI is InChI=1S/C25H30N2O4S/c1-19-4-5-20(2)24(18-19)31-23-12-15-26(16-13-23)25(28)11-8-21-6-9-22(10-7-21)27-14-3-17-32(27,29)30/h4-11,18,23H,3,12-17H2,1-2H3. The monoisotopic (exact) mass is 454 g/mol. The van der Waals surface area contributed by atoms with Crippen molar-refractivity contribution in [2.24, 2.45) is 0 Å². The summed E-state index contributed by atoms with van der Waals surface area (Å²) in [6.45, 7) is 5.98. The summed E-state index contributed by atoms with van der Waals surface area (Å²) in [5, 5.41) is 0. The lowest BCUT2D eigenvalue weighted by Crippen LogP contribution is -2.41. The quantitative estimate of drug-likeness (QED) is 0.642. The molecule has 6 nitrogen and oxygen atoms in total. The Morgan fingerprint density at radius 1 is 1.03 bits per heavy atom. The molecule has 32 heavy (non-hydrogen) atoms. The van der Waals surface area contributed by atoms with Gasteiger partial charge in [-0.15, -0.1) is 0 Å². The Morgan fingerprint density at radius 2 is 1.75 bits per heavy atom. The molecule has 4 rings (SSSR count). The molecular weight excluding hydrogens is 424 g/mol. The maximum absolute atomic E-state index is 12.6. The first-order chi connectivity index (χ1) is 15.3. The van der Waals surface area contributed by atoms with Crippen LogP contribution in [0, 0.1) is 13.8 Å². The number of ether oxygens (including phenoxy) is 1. The second-order valence-corrected chi connectivity index (χ2v) is 10.6. The van der Waals surface area contributed by atoms with Crippen LogP contribution >= 0.6 is 0 Å². The summed E-state index contributed by atoms with van der Waals surface area (Å²) in [4.78, 5) is 14.5. The van der Waals surface area contributed by atoms with Crippen molar-refractivity contribution >= 4 is 27.7 Å². The summed E-state index contributed by atoms with van der Waals surface area (Å²) in [7, 11) is -3.18. The van der Waals surface area contributed by atoms with Crippen molar-refractivity contribution in [2.75, 3.05) is 29.7 Å². The van der Waals surface area contributed by atoms with Crippen molar-refractivity contribution in [3.8, 4) is 5.75 Å². The summed E-state index contributed by atoms with van der Waals surface area (Å²) >= 11 is 0. The van der Waals surface area contributed by atoms with Crippen molar-refractivity contribution in [3.05, 3.63) is 65.2 Å². The molecule has 0 N–H and O–H groups in total. The molecule has 2 saturated heterocycles. The Balaban J connectivity index is 1.29. The van der Waals surface area contributed by atoms with E-state index in [1.54, 1.807) is 24.3 Å². The van der Waals surface area contributed by atoms with Gasteiger partial charge < -0.3 is 9.64 Å². The first-order valence-electron chi connectivity index (χ1n) is 11.1. The van der Waals surface area contributed by atoms with E-state index in [9.17, 15) is 13.2 Å². The normalized spacial score (nSPS) is 18.9. The number of hydrogen-bond donors (Lipinski definition) is 0. The number of piperidine rings is 1. The third-order valence-corrected chi connectivity index (χ3v) is 7.96. The molecule has 170 valence electrons. The molecule has 0 aliphatic carbocycles. The lowest BCUT2D eigenvalue weighted by atomic mass is 10.1. The van der Waals surface area contributed by atoms with Gasteiger partial charge >= 0.3 is 0 Å². The average Bonchev–Trinajstić information content (AvgIpc) is 3.14. The highest BCUT2D eigenvalue weighted by Gasteiger charge is 2.28. The van der Waals surface area contributed by atoms with Gasteiger partial charge in [0, 0.05) is 38.6 Å². The average molecular weight is 455 g/mol. The number of amides is 1. The topological polar surface area (TPSA) is 66.9 Å². The van der Waals surface area contributed by atoms with E-state index in [4.69, 9.17) is 4.74 Å². The molecule has 2 aromatic rings. The highest BCUT2D eigenvalue weighted by molar-refractivity contribution is 7.93. The Kier molecular flexibility index (Phi) is 6.55. The number of hydrogen-bond acceptors (Lipinski definition) is 4. The Bertz CT molecular complexity index is 1100. The second-order valence-electron chi connectivity index (χ2n) is 8.58. The maximum Gasteiger partial charge on any atom is 0.246 e. The number of anilines is 1. The van der Waals surface area contributed by atoms with Crippen LogP contribution in [0.5, 0.6) is 5.75 Å². The van der Waals surface area contributed by atoms with Crippen LogP contribution in [-0.4, -0.2) is 50.7 Å². The molecule has 2 aliphatic heterocycles. The van der Waals surface area contributed by atoms with Crippen LogP contribution in [0.25, 0.3) is 6.08 Å². The van der Waals surface area contributed by atoms with Gasteiger partial charge in [-0.2, -0.15) is 0 Å². The Hall–Kier alpha value is -2.80. The lowest BCUT2D eigenvalue weighted by molar-refractivity contribution is -0.127. The van der Waals surface area contributed by atoms with Gasteiger partial charge in [-0.3, -0.25) is 9.10 Å². The second kappa shape index (κ2) is 9.36. The molecular formula is C25H30N2O4S. The number of aryl methyl sites for hydroxylation is 2. The fourth-order valence-corrected chi connectivity index (χ4v) is 5.73. The molecule has 1 amide bonds. The largest absolute Gasteiger partial charge is 0.490 e. The van der Waals surface area contributed by atoms with E-state index in [0.29, 0.717) is 31.7 Å². The zero-order chi connectivity index (χ0) is 22.7. The molecule has 0 unspecified atom stereocenters. The first kappa shape index (κ1) is 22.4.